The van der Waals surface area contributed by atoms with Gasteiger partial charge in [-0.1, -0.05) is 24.3 Å². The summed E-state index contributed by atoms with van der Waals surface area (Å²) in [5.74, 6) is -0.652. The lowest BCUT2D eigenvalue weighted by Crippen LogP contribution is -2.27. The van der Waals surface area contributed by atoms with E-state index in [1.165, 1.54) is 18.2 Å². The number of alkyl halides is 6. The van der Waals surface area contributed by atoms with E-state index in [1.54, 1.807) is 13.0 Å². The molecule has 0 radical (unpaired) electrons. The van der Waals surface area contributed by atoms with Crippen LogP contribution in [0.1, 0.15) is 29.3 Å². The van der Waals surface area contributed by atoms with Crippen LogP contribution in [0.3, 0.4) is 0 Å². The number of carbonyl (C=O) groups excluding carboxylic acids is 1. The molecule has 0 amide bonds. The van der Waals surface area contributed by atoms with Gasteiger partial charge in [-0.15, -0.1) is 0 Å². The Morgan fingerprint density at radius 1 is 1.00 bits per heavy atom. The molecule has 0 atom stereocenters. The highest BCUT2D eigenvalue weighted by Crippen LogP contribution is 2.37. The Bertz CT molecular complexity index is 1210. The fraction of sp³-hybridized carbons (Fsp3) is 0.286. The van der Waals surface area contributed by atoms with Crippen LogP contribution in [-0.4, -0.2) is 22.4 Å². The number of ether oxygens (including phenoxy) is 1. The minimum absolute atomic E-state index is 0.000935. The molecule has 1 heterocycles. The Hall–Kier alpha value is -3.37. The lowest BCUT2D eigenvalue weighted by atomic mass is 10.0. The molecule has 170 valence electrons. The monoisotopic (exact) mass is 458 g/mol. The molecule has 0 saturated carbocycles. The van der Waals surface area contributed by atoms with Crippen LogP contribution >= 0.6 is 0 Å². The minimum Gasteiger partial charge on any atom is -0.466 e. The van der Waals surface area contributed by atoms with E-state index in [9.17, 15) is 35.9 Å². The average molecular weight is 458 g/mol. The summed E-state index contributed by atoms with van der Waals surface area (Å²) in [6, 6.07) is 7.25. The highest BCUT2D eigenvalue weighted by Gasteiger charge is 2.38. The van der Waals surface area contributed by atoms with Gasteiger partial charge in [0.15, 0.2) is 0 Å². The Morgan fingerprint density at radius 3 is 2.25 bits per heavy atom. The van der Waals surface area contributed by atoms with E-state index < -0.39 is 47.1 Å². The number of rotatable bonds is 5. The van der Waals surface area contributed by atoms with Crippen molar-refractivity contribution in [2.24, 2.45) is 0 Å². The summed E-state index contributed by atoms with van der Waals surface area (Å²) in [5.41, 5.74) is -4.21. The van der Waals surface area contributed by atoms with Crippen LogP contribution in [0.4, 0.5) is 26.3 Å². The first-order chi connectivity index (χ1) is 14.9. The number of halogens is 6. The number of fused-ring (bicyclic) bond motifs is 1. The molecule has 0 saturated heterocycles. The summed E-state index contributed by atoms with van der Waals surface area (Å²) in [6.45, 7) is 0.941. The molecular formula is C21H16F6N2O3. The molecule has 0 aliphatic rings. The molecule has 32 heavy (non-hydrogen) atoms. The van der Waals surface area contributed by atoms with E-state index in [4.69, 9.17) is 4.74 Å². The first-order valence-corrected chi connectivity index (χ1v) is 9.33. The SMILES string of the molecule is CCOC(=O)Cc1nn(Cc2ccc(C(F)(F)F)cc2C(F)(F)F)c(=O)c2ccccc12. The highest BCUT2D eigenvalue weighted by molar-refractivity contribution is 5.86. The zero-order valence-corrected chi connectivity index (χ0v) is 16.5. The van der Waals surface area contributed by atoms with Crippen LogP contribution in [0.25, 0.3) is 10.8 Å². The third kappa shape index (κ3) is 4.92. The van der Waals surface area contributed by atoms with Gasteiger partial charge in [0.1, 0.15) is 0 Å². The van der Waals surface area contributed by atoms with Crippen LogP contribution < -0.4 is 5.56 Å². The highest BCUT2D eigenvalue weighted by atomic mass is 19.4. The lowest BCUT2D eigenvalue weighted by Gasteiger charge is -2.17. The van der Waals surface area contributed by atoms with Gasteiger partial charge < -0.3 is 4.74 Å². The van der Waals surface area contributed by atoms with Gasteiger partial charge in [-0.3, -0.25) is 9.59 Å². The second-order valence-electron chi connectivity index (χ2n) is 6.80. The van der Waals surface area contributed by atoms with Crippen molar-refractivity contribution in [1.29, 1.82) is 0 Å². The smallest absolute Gasteiger partial charge is 0.416 e. The van der Waals surface area contributed by atoms with Crippen molar-refractivity contribution >= 4 is 16.7 Å². The normalized spacial score (nSPS) is 12.2. The summed E-state index contributed by atoms with van der Waals surface area (Å²) in [4.78, 5) is 24.7. The van der Waals surface area contributed by atoms with Crippen molar-refractivity contribution < 1.29 is 35.9 Å². The summed E-state index contributed by atoms with van der Waals surface area (Å²) in [5, 5.41) is 4.45. The van der Waals surface area contributed by atoms with Gasteiger partial charge in [0.25, 0.3) is 5.56 Å². The van der Waals surface area contributed by atoms with Gasteiger partial charge in [-0.25, -0.2) is 4.68 Å². The van der Waals surface area contributed by atoms with Crippen molar-refractivity contribution in [2.45, 2.75) is 32.2 Å². The maximum atomic E-state index is 13.5. The first kappa shape index (κ1) is 23.3. The molecule has 0 bridgehead atoms. The van der Waals surface area contributed by atoms with Crippen molar-refractivity contribution in [3.63, 3.8) is 0 Å². The molecule has 0 N–H and O–H groups in total. The number of nitrogens with zero attached hydrogens (tertiary/aromatic N) is 2. The van der Waals surface area contributed by atoms with Crippen molar-refractivity contribution in [1.82, 2.24) is 9.78 Å². The molecule has 0 unspecified atom stereocenters. The molecule has 0 aliphatic carbocycles. The predicted octanol–water partition coefficient (Wildman–Crippen LogP) is 4.59. The van der Waals surface area contributed by atoms with Gasteiger partial charge >= 0.3 is 18.3 Å². The van der Waals surface area contributed by atoms with Crippen molar-refractivity contribution in [3.8, 4) is 0 Å². The molecule has 3 rings (SSSR count). The van der Waals surface area contributed by atoms with Crippen molar-refractivity contribution in [2.75, 3.05) is 6.61 Å². The predicted molar refractivity (Wildman–Crippen MR) is 102 cm³/mol. The minimum atomic E-state index is -5.09. The maximum absolute atomic E-state index is 13.5. The molecule has 0 fully saturated rings. The number of hydrogen-bond donors (Lipinski definition) is 0. The molecule has 3 aromatic rings. The number of benzene rings is 2. The van der Waals surface area contributed by atoms with Crippen LogP contribution in [0.5, 0.6) is 0 Å². The summed E-state index contributed by atoms with van der Waals surface area (Å²) >= 11 is 0. The number of hydrogen-bond acceptors (Lipinski definition) is 4. The molecule has 0 spiro atoms. The van der Waals surface area contributed by atoms with E-state index in [0.717, 1.165) is 0 Å². The van der Waals surface area contributed by atoms with Gasteiger partial charge in [0.2, 0.25) is 0 Å². The van der Waals surface area contributed by atoms with Gasteiger partial charge in [0.05, 0.1) is 41.8 Å². The van der Waals surface area contributed by atoms with E-state index in [1.807, 2.05) is 0 Å². The fourth-order valence-electron chi connectivity index (χ4n) is 3.21. The standard InChI is InChI=1S/C21H16F6N2O3/c1-2-32-18(30)10-17-14-5-3-4-6-15(14)19(31)29(28-17)11-12-7-8-13(20(22,23)24)9-16(12)21(25,26)27/h3-9H,2,10-11H2,1H3. The number of aromatic nitrogens is 2. The zero-order chi connectivity index (χ0) is 23.7. The third-order valence-electron chi connectivity index (χ3n) is 4.62. The first-order valence-electron chi connectivity index (χ1n) is 9.33. The Morgan fingerprint density at radius 2 is 1.66 bits per heavy atom. The topological polar surface area (TPSA) is 61.2 Å². The molecule has 11 heteroatoms. The molecule has 5 nitrogen and oxygen atoms in total. The molecule has 1 aromatic heterocycles. The Balaban J connectivity index is 2.14. The van der Waals surface area contributed by atoms with Crippen LogP contribution in [-0.2, 0) is 34.8 Å². The van der Waals surface area contributed by atoms with E-state index in [-0.39, 0.29) is 30.2 Å². The molecule has 2 aromatic carbocycles. The zero-order valence-electron chi connectivity index (χ0n) is 16.5. The van der Waals surface area contributed by atoms with E-state index in [2.05, 4.69) is 5.10 Å². The number of carbonyl (C=O) groups is 1. The Labute approximate surface area is 177 Å². The molecular weight excluding hydrogens is 442 g/mol. The van der Waals surface area contributed by atoms with E-state index in [0.29, 0.717) is 22.2 Å². The third-order valence-corrected chi connectivity index (χ3v) is 4.62. The average Bonchev–Trinajstić information content (AvgIpc) is 2.70. The maximum Gasteiger partial charge on any atom is 0.416 e. The van der Waals surface area contributed by atoms with Gasteiger partial charge in [-0.05, 0) is 30.7 Å². The fourth-order valence-corrected chi connectivity index (χ4v) is 3.21. The van der Waals surface area contributed by atoms with Crippen LogP contribution in [0.15, 0.2) is 47.3 Å². The van der Waals surface area contributed by atoms with Crippen LogP contribution in [0.2, 0.25) is 0 Å². The summed E-state index contributed by atoms with van der Waals surface area (Å²) in [6.07, 6.45) is -10.4. The number of esters is 1. The van der Waals surface area contributed by atoms with Crippen LogP contribution in [0, 0.1) is 0 Å². The summed E-state index contributed by atoms with van der Waals surface area (Å²) < 4.78 is 84.7. The van der Waals surface area contributed by atoms with Gasteiger partial charge in [-0.2, -0.15) is 31.4 Å². The van der Waals surface area contributed by atoms with Gasteiger partial charge in [0, 0.05) is 5.39 Å². The van der Waals surface area contributed by atoms with Crippen molar-refractivity contribution in [3.05, 3.63) is 75.2 Å². The summed E-state index contributed by atoms with van der Waals surface area (Å²) in [7, 11) is 0. The van der Waals surface area contributed by atoms with E-state index >= 15 is 0 Å². The second kappa shape index (κ2) is 8.64. The molecule has 0 aliphatic heterocycles. The largest absolute Gasteiger partial charge is 0.466 e. The quantitative estimate of drug-likeness (QED) is 0.415. The Kier molecular flexibility index (Phi) is 6.29. The second-order valence-corrected chi connectivity index (χ2v) is 6.80. The lowest BCUT2D eigenvalue weighted by molar-refractivity contribution is -0.144.